The van der Waals surface area contributed by atoms with Crippen LogP contribution in [0.3, 0.4) is 0 Å². The lowest BCUT2D eigenvalue weighted by Gasteiger charge is -2.37. The Morgan fingerprint density at radius 1 is 0.939 bits per heavy atom. The maximum atomic E-state index is 9.80. The Morgan fingerprint density at radius 2 is 1.61 bits per heavy atom. The molecule has 3 aromatic carbocycles. The van der Waals surface area contributed by atoms with Crippen LogP contribution in [0.15, 0.2) is 54.6 Å². The molecule has 174 valence electrons. The number of rotatable bonds is 5. The van der Waals surface area contributed by atoms with Gasteiger partial charge in [-0.3, -0.25) is 11.5 Å². The van der Waals surface area contributed by atoms with Crippen LogP contribution in [0, 0.1) is 12.8 Å². The van der Waals surface area contributed by atoms with E-state index in [4.69, 9.17) is 32.4 Å². The highest BCUT2D eigenvalue weighted by Gasteiger charge is 2.37. The highest BCUT2D eigenvalue weighted by atomic mass is 16.6. The van der Waals surface area contributed by atoms with Gasteiger partial charge in [0.15, 0.2) is 0 Å². The van der Waals surface area contributed by atoms with Crippen LogP contribution in [0.2, 0.25) is 0 Å². The first-order valence-corrected chi connectivity index (χ1v) is 11.1. The Labute approximate surface area is 194 Å². The maximum absolute atomic E-state index is 9.80. The fraction of sp³-hybridized carbons (Fsp3) is 0.308. The molecule has 0 bridgehead atoms. The van der Waals surface area contributed by atoms with Crippen molar-refractivity contribution in [1.82, 2.24) is 0 Å². The smallest absolute Gasteiger partial charge is 0.239 e. The second-order valence-corrected chi connectivity index (χ2v) is 8.96. The highest BCUT2D eigenvalue weighted by molar-refractivity contribution is 5.78. The highest BCUT2D eigenvalue weighted by Crippen LogP contribution is 2.35. The zero-order valence-corrected chi connectivity index (χ0v) is 19.0. The number of nitrogens with two attached hydrogens (primary N) is 4. The maximum Gasteiger partial charge on any atom is 0.239 e. The van der Waals surface area contributed by atoms with Crippen LogP contribution in [0.25, 0.3) is 22.3 Å². The molecule has 1 aliphatic heterocycles. The quantitative estimate of drug-likeness (QED) is 0.226. The molecule has 2 atom stereocenters. The van der Waals surface area contributed by atoms with Crippen molar-refractivity contribution < 1.29 is 14.6 Å². The zero-order valence-electron chi connectivity index (χ0n) is 19.0. The topological polar surface area (TPSA) is 143 Å². The Hall–Kier alpha value is -3.26. The summed E-state index contributed by atoms with van der Waals surface area (Å²) in [6.07, 6.45) is 1.34. The van der Waals surface area contributed by atoms with Gasteiger partial charge in [0.25, 0.3) is 0 Å². The molecule has 0 spiro atoms. The third-order valence-electron chi connectivity index (χ3n) is 6.32. The number of phenols is 1. The summed E-state index contributed by atoms with van der Waals surface area (Å²) in [5.74, 6) is -0.448. The molecule has 3 aromatic rings. The first-order chi connectivity index (χ1) is 15.7. The predicted molar refractivity (Wildman–Crippen MR) is 132 cm³/mol. The molecule has 1 aliphatic rings. The van der Waals surface area contributed by atoms with Crippen LogP contribution < -0.4 is 27.7 Å². The molecule has 0 amide bonds. The van der Waals surface area contributed by atoms with Crippen molar-refractivity contribution in [3.63, 3.8) is 0 Å². The molecular formula is C26H32N4O3. The summed E-state index contributed by atoms with van der Waals surface area (Å²) in [5.41, 5.74) is 30.3. The van der Waals surface area contributed by atoms with Crippen molar-refractivity contribution in [1.29, 1.82) is 0 Å². The first kappa shape index (κ1) is 22.9. The summed E-state index contributed by atoms with van der Waals surface area (Å²) in [6.45, 7) is 4.65. The molecule has 33 heavy (non-hydrogen) atoms. The van der Waals surface area contributed by atoms with Crippen LogP contribution in [-0.2, 0) is 4.74 Å². The predicted octanol–water partition coefficient (Wildman–Crippen LogP) is 3.96. The summed E-state index contributed by atoms with van der Waals surface area (Å²) in [7, 11) is 0. The second kappa shape index (κ2) is 8.94. The SMILES string of the molecule is Cc1c(-c2ccc(-c3ccc(OC(N)(N)C4CCC(C)CO4)c(N)c3)cc2)ccc(O)c1N. The molecule has 2 unspecified atom stereocenters. The number of phenolic OH excluding ortho intramolecular Hbond substituents is 1. The molecule has 1 heterocycles. The van der Waals surface area contributed by atoms with E-state index in [-0.39, 0.29) is 5.75 Å². The van der Waals surface area contributed by atoms with E-state index in [0.29, 0.717) is 29.6 Å². The summed E-state index contributed by atoms with van der Waals surface area (Å²) < 4.78 is 11.7. The number of benzene rings is 3. The summed E-state index contributed by atoms with van der Waals surface area (Å²) in [6, 6.07) is 17.1. The molecule has 7 nitrogen and oxygen atoms in total. The summed E-state index contributed by atoms with van der Waals surface area (Å²) in [5, 5.41) is 9.80. The normalized spacial score (nSPS) is 18.8. The molecular weight excluding hydrogens is 416 g/mol. The minimum Gasteiger partial charge on any atom is -0.506 e. The van der Waals surface area contributed by atoms with Crippen LogP contribution in [0.1, 0.15) is 25.3 Å². The molecule has 7 heteroatoms. The van der Waals surface area contributed by atoms with Gasteiger partial charge >= 0.3 is 0 Å². The number of anilines is 2. The molecule has 4 rings (SSSR count). The van der Waals surface area contributed by atoms with Crippen LogP contribution in [0.5, 0.6) is 11.5 Å². The van der Waals surface area contributed by atoms with Crippen molar-refractivity contribution >= 4 is 11.4 Å². The van der Waals surface area contributed by atoms with Gasteiger partial charge in [0.2, 0.25) is 5.85 Å². The van der Waals surface area contributed by atoms with Crippen molar-refractivity contribution in [2.75, 3.05) is 18.1 Å². The van der Waals surface area contributed by atoms with Crippen molar-refractivity contribution in [3.8, 4) is 33.8 Å². The molecule has 1 saturated heterocycles. The first-order valence-electron chi connectivity index (χ1n) is 11.1. The number of ether oxygens (including phenoxy) is 2. The fourth-order valence-corrected chi connectivity index (χ4v) is 4.19. The average molecular weight is 449 g/mol. The van der Waals surface area contributed by atoms with Crippen LogP contribution >= 0.6 is 0 Å². The van der Waals surface area contributed by atoms with E-state index in [0.717, 1.165) is 40.7 Å². The van der Waals surface area contributed by atoms with E-state index in [9.17, 15) is 5.11 Å². The molecule has 0 saturated carbocycles. The van der Waals surface area contributed by atoms with Crippen molar-refractivity contribution in [2.24, 2.45) is 17.4 Å². The van der Waals surface area contributed by atoms with E-state index >= 15 is 0 Å². The summed E-state index contributed by atoms with van der Waals surface area (Å²) in [4.78, 5) is 0. The second-order valence-electron chi connectivity index (χ2n) is 8.96. The van der Waals surface area contributed by atoms with Gasteiger partial charge in [-0.25, -0.2) is 0 Å². The lowest BCUT2D eigenvalue weighted by atomic mass is 9.96. The molecule has 0 radical (unpaired) electrons. The van der Waals surface area contributed by atoms with Gasteiger partial charge in [-0.2, -0.15) is 0 Å². The Morgan fingerprint density at radius 3 is 2.24 bits per heavy atom. The van der Waals surface area contributed by atoms with E-state index in [2.05, 4.69) is 6.92 Å². The van der Waals surface area contributed by atoms with Gasteiger partial charge in [0.05, 0.1) is 11.4 Å². The number of hydrogen-bond acceptors (Lipinski definition) is 7. The van der Waals surface area contributed by atoms with Gasteiger partial charge in [-0.1, -0.05) is 43.3 Å². The van der Waals surface area contributed by atoms with E-state index < -0.39 is 12.0 Å². The number of nitrogen functional groups attached to an aromatic ring is 2. The average Bonchev–Trinajstić information content (AvgIpc) is 2.79. The van der Waals surface area contributed by atoms with E-state index in [1.54, 1.807) is 12.1 Å². The number of aromatic hydroxyl groups is 1. The molecule has 9 N–H and O–H groups in total. The molecule has 0 aromatic heterocycles. The fourth-order valence-electron chi connectivity index (χ4n) is 4.19. The van der Waals surface area contributed by atoms with Crippen molar-refractivity contribution in [2.45, 2.75) is 38.6 Å². The monoisotopic (exact) mass is 448 g/mol. The number of hydrogen-bond donors (Lipinski definition) is 5. The third kappa shape index (κ3) is 4.75. The van der Waals surface area contributed by atoms with Gasteiger partial charge in [-0.15, -0.1) is 0 Å². The van der Waals surface area contributed by atoms with Crippen molar-refractivity contribution in [3.05, 3.63) is 60.2 Å². The largest absolute Gasteiger partial charge is 0.506 e. The van der Waals surface area contributed by atoms with Gasteiger partial charge in [0.1, 0.15) is 17.6 Å². The van der Waals surface area contributed by atoms with Gasteiger partial charge in [0, 0.05) is 6.61 Å². The third-order valence-corrected chi connectivity index (χ3v) is 6.32. The Balaban J connectivity index is 1.52. The van der Waals surface area contributed by atoms with E-state index in [1.165, 1.54) is 0 Å². The Kier molecular flexibility index (Phi) is 6.21. The zero-order chi connectivity index (χ0) is 23.8. The minimum absolute atomic E-state index is 0.0919. The molecule has 1 fully saturated rings. The lowest BCUT2D eigenvalue weighted by Crippen LogP contribution is -2.65. The van der Waals surface area contributed by atoms with Crippen LogP contribution in [0.4, 0.5) is 11.4 Å². The molecule has 0 aliphatic carbocycles. The van der Waals surface area contributed by atoms with Gasteiger partial charge in [-0.05, 0) is 71.7 Å². The standard InChI is InChI=1S/C26H32N4O3/c1-15-3-12-24(32-14-15)26(29,30)33-23-11-8-19(13-21(23)27)17-4-6-18(7-5-17)20-9-10-22(31)25(28)16(20)2/h4-11,13,15,24,31H,3,12,14,27-30H2,1-2H3. The van der Waals surface area contributed by atoms with Crippen LogP contribution in [-0.4, -0.2) is 23.7 Å². The van der Waals surface area contributed by atoms with Gasteiger partial charge < -0.3 is 26.0 Å². The summed E-state index contributed by atoms with van der Waals surface area (Å²) >= 11 is 0. The Bertz CT molecular complexity index is 1140. The minimum atomic E-state index is -1.46. The lowest BCUT2D eigenvalue weighted by molar-refractivity contribution is -0.119. The van der Waals surface area contributed by atoms with E-state index in [1.807, 2.05) is 49.4 Å².